The van der Waals surface area contributed by atoms with E-state index < -0.39 is 0 Å². The van der Waals surface area contributed by atoms with Gasteiger partial charge in [-0.25, -0.2) is 4.98 Å². The lowest BCUT2D eigenvalue weighted by Gasteiger charge is -2.40. The zero-order valence-corrected chi connectivity index (χ0v) is 12.8. The van der Waals surface area contributed by atoms with Crippen molar-refractivity contribution >= 4 is 5.82 Å². The quantitative estimate of drug-likeness (QED) is 0.844. The first-order chi connectivity index (χ1) is 10.0. The first-order valence-electron chi connectivity index (χ1n) is 7.69. The van der Waals surface area contributed by atoms with Gasteiger partial charge in [0, 0.05) is 36.4 Å². The van der Waals surface area contributed by atoms with E-state index in [9.17, 15) is 4.79 Å². The van der Waals surface area contributed by atoms with Crippen LogP contribution in [0.1, 0.15) is 38.3 Å². The van der Waals surface area contributed by atoms with Crippen LogP contribution >= 0.6 is 0 Å². The molecule has 0 amide bonds. The molecule has 2 aliphatic rings. The zero-order chi connectivity index (χ0) is 15.0. The molecule has 2 fully saturated rings. The van der Waals surface area contributed by atoms with Crippen molar-refractivity contribution in [2.45, 2.75) is 38.6 Å². The van der Waals surface area contributed by atoms with Crippen molar-refractivity contribution in [3.05, 3.63) is 22.2 Å². The Balaban J connectivity index is 1.74. The van der Waals surface area contributed by atoms with Gasteiger partial charge in [0.2, 0.25) is 0 Å². The Morgan fingerprint density at radius 3 is 2.71 bits per heavy atom. The molecule has 2 saturated heterocycles. The molecule has 6 heteroatoms. The molecular weight excluding hydrogens is 268 g/mol. The molecule has 0 aromatic carbocycles. The maximum atomic E-state index is 12.2. The van der Waals surface area contributed by atoms with Crippen LogP contribution in [0, 0.1) is 5.41 Å². The summed E-state index contributed by atoms with van der Waals surface area (Å²) in [6.07, 6.45) is 3.69. The highest BCUT2D eigenvalue weighted by Gasteiger charge is 2.44. The van der Waals surface area contributed by atoms with Crippen molar-refractivity contribution in [3.8, 4) is 0 Å². The third-order valence-corrected chi connectivity index (χ3v) is 4.94. The minimum Gasteiger partial charge on any atom is -0.379 e. The van der Waals surface area contributed by atoms with Gasteiger partial charge in [0.1, 0.15) is 0 Å². The molecule has 2 aliphatic heterocycles. The van der Waals surface area contributed by atoms with E-state index in [-0.39, 0.29) is 22.9 Å². The Labute approximate surface area is 124 Å². The summed E-state index contributed by atoms with van der Waals surface area (Å²) in [4.78, 5) is 21.6. The largest absolute Gasteiger partial charge is 0.379 e. The summed E-state index contributed by atoms with van der Waals surface area (Å²) in [5.74, 6) is 0.805. The van der Waals surface area contributed by atoms with Crippen LogP contribution < -0.4 is 16.2 Å². The Hall–Kier alpha value is -1.40. The van der Waals surface area contributed by atoms with E-state index >= 15 is 0 Å². The van der Waals surface area contributed by atoms with Crippen molar-refractivity contribution in [3.63, 3.8) is 0 Å². The fraction of sp³-hybridized carbons (Fsp3) is 0.733. The number of aromatic amines is 1. The van der Waals surface area contributed by atoms with Crippen molar-refractivity contribution in [1.82, 2.24) is 9.97 Å². The number of H-pyrrole nitrogens is 1. The molecule has 0 bridgehead atoms. The lowest BCUT2D eigenvalue weighted by Crippen LogP contribution is -2.50. The smallest absolute Gasteiger partial charge is 0.291 e. The van der Waals surface area contributed by atoms with Crippen molar-refractivity contribution in [2.24, 2.45) is 11.1 Å². The molecule has 0 aliphatic carbocycles. The van der Waals surface area contributed by atoms with E-state index in [1.54, 1.807) is 6.20 Å². The van der Waals surface area contributed by atoms with E-state index in [2.05, 4.69) is 14.9 Å². The second-order valence-electron chi connectivity index (χ2n) is 6.62. The molecule has 3 rings (SSSR count). The van der Waals surface area contributed by atoms with Crippen LogP contribution in [0.4, 0.5) is 5.82 Å². The third-order valence-electron chi connectivity index (χ3n) is 4.94. The average molecular weight is 292 g/mol. The normalized spacial score (nSPS) is 25.0. The predicted octanol–water partition coefficient (Wildman–Crippen LogP) is 0.837. The maximum absolute atomic E-state index is 12.2. The Bertz CT molecular complexity index is 561. The Kier molecular flexibility index (Phi) is 3.75. The molecule has 1 spiro atoms. The van der Waals surface area contributed by atoms with Crippen LogP contribution in [0.15, 0.2) is 11.0 Å². The molecule has 3 N–H and O–H groups in total. The minimum absolute atomic E-state index is 0.0934. The first-order valence-corrected chi connectivity index (χ1v) is 7.69. The lowest BCUT2D eigenvalue weighted by molar-refractivity contribution is 0.131. The minimum atomic E-state index is -0.0934. The number of hydrogen-bond donors (Lipinski definition) is 2. The van der Waals surface area contributed by atoms with Gasteiger partial charge >= 0.3 is 0 Å². The molecular formula is C15H24N4O2. The van der Waals surface area contributed by atoms with Crippen molar-refractivity contribution in [2.75, 3.05) is 31.2 Å². The fourth-order valence-electron chi connectivity index (χ4n) is 3.28. The molecule has 3 heterocycles. The molecule has 21 heavy (non-hydrogen) atoms. The van der Waals surface area contributed by atoms with Gasteiger partial charge in [0.15, 0.2) is 5.82 Å². The van der Waals surface area contributed by atoms with E-state index in [0.29, 0.717) is 12.4 Å². The molecule has 6 nitrogen and oxygen atoms in total. The highest BCUT2D eigenvalue weighted by molar-refractivity contribution is 5.37. The lowest BCUT2D eigenvalue weighted by atomic mass is 9.75. The van der Waals surface area contributed by atoms with Crippen molar-refractivity contribution in [1.29, 1.82) is 0 Å². The first kappa shape index (κ1) is 14.5. The van der Waals surface area contributed by atoms with E-state index in [1.807, 2.05) is 13.8 Å². The molecule has 0 radical (unpaired) electrons. The fourth-order valence-corrected chi connectivity index (χ4v) is 3.28. The number of piperidine rings is 1. The van der Waals surface area contributed by atoms with Crippen molar-refractivity contribution < 1.29 is 4.74 Å². The topological polar surface area (TPSA) is 84.2 Å². The van der Waals surface area contributed by atoms with E-state index in [1.165, 1.54) is 0 Å². The van der Waals surface area contributed by atoms with Gasteiger partial charge in [-0.05, 0) is 18.8 Å². The van der Waals surface area contributed by atoms with Crippen LogP contribution in [0.2, 0.25) is 0 Å². The zero-order valence-electron chi connectivity index (χ0n) is 12.8. The van der Waals surface area contributed by atoms with E-state index in [0.717, 1.165) is 38.2 Å². The molecule has 116 valence electrons. The number of nitrogens with zero attached hydrogens (tertiary/aromatic N) is 2. The van der Waals surface area contributed by atoms with Crippen LogP contribution in [0.3, 0.4) is 0 Å². The predicted molar refractivity (Wildman–Crippen MR) is 81.6 cm³/mol. The second kappa shape index (κ2) is 5.42. The molecule has 0 saturated carbocycles. The number of anilines is 1. The monoisotopic (exact) mass is 292 g/mol. The molecule has 1 atom stereocenters. The number of nitrogens with two attached hydrogens (primary N) is 1. The summed E-state index contributed by atoms with van der Waals surface area (Å²) < 4.78 is 5.53. The standard InChI is InChI=1S/C15H24N4O2/c1-10(2)11-7-17-13(14(20)18-11)19-5-3-15(4-6-19)9-21-8-12(15)16/h7,10,12H,3-6,8-9,16H2,1-2H3,(H,18,20). The summed E-state index contributed by atoms with van der Waals surface area (Å²) in [5.41, 5.74) is 7.07. The van der Waals surface area contributed by atoms with Crippen LogP contribution in [0.5, 0.6) is 0 Å². The number of hydrogen-bond acceptors (Lipinski definition) is 5. The highest BCUT2D eigenvalue weighted by atomic mass is 16.5. The summed E-state index contributed by atoms with van der Waals surface area (Å²) in [5, 5.41) is 0. The van der Waals surface area contributed by atoms with E-state index in [4.69, 9.17) is 10.5 Å². The van der Waals surface area contributed by atoms with Crippen LogP contribution in [0.25, 0.3) is 0 Å². The van der Waals surface area contributed by atoms with Gasteiger partial charge in [0.25, 0.3) is 5.56 Å². The van der Waals surface area contributed by atoms with Gasteiger partial charge in [0.05, 0.1) is 13.2 Å². The van der Waals surface area contributed by atoms with Gasteiger partial charge in [-0.2, -0.15) is 0 Å². The second-order valence-corrected chi connectivity index (χ2v) is 6.62. The number of aromatic nitrogens is 2. The maximum Gasteiger partial charge on any atom is 0.291 e. The van der Waals surface area contributed by atoms with Gasteiger partial charge in [-0.1, -0.05) is 13.8 Å². The SMILES string of the molecule is CC(C)c1cnc(N2CCC3(CC2)COCC3N)c(=O)[nH]1. The summed E-state index contributed by atoms with van der Waals surface area (Å²) in [7, 11) is 0. The number of ether oxygens (including phenoxy) is 1. The summed E-state index contributed by atoms with van der Waals surface area (Å²) in [6, 6.07) is 0.120. The summed E-state index contributed by atoms with van der Waals surface area (Å²) >= 11 is 0. The molecule has 1 aromatic heterocycles. The third kappa shape index (κ3) is 2.58. The Morgan fingerprint density at radius 1 is 1.48 bits per heavy atom. The number of nitrogens with one attached hydrogen (secondary N) is 1. The summed E-state index contributed by atoms with van der Waals surface area (Å²) in [6.45, 7) is 7.11. The van der Waals surface area contributed by atoms with Gasteiger partial charge in [-0.15, -0.1) is 0 Å². The van der Waals surface area contributed by atoms with Crippen LogP contribution in [-0.2, 0) is 4.74 Å². The Morgan fingerprint density at radius 2 is 2.19 bits per heavy atom. The molecule has 1 aromatic rings. The molecule has 1 unspecified atom stereocenters. The van der Waals surface area contributed by atoms with Crippen LogP contribution in [-0.4, -0.2) is 42.3 Å². The average Bonchev–Trinajstić information content (AvgIpc) is 2.81. The van der Waals surface area contributed by atoms with Gasteiger partial charge < -0.3 is 20.4 Å². The van der Waals surface area contributed by atoms with Gasteiger partial charge in [-0.3, -0.25) is 4.79 Å². The number of rotatable bonds is 2. The highest BCUT2D eigenvalue weighted by Crippen LogP contribution is 2.38.